The molecule has 4 fully saturated rings. The number of hydrogen-bond donors (Lipinski definition) is 4. The molecule has 28 heavy (non-hydrogen) atoms. The van der Waals surface area contributed by atoms with Crippen LogP contribution in [-0.4, -0.2) is 45.3 Å². The van der Waals surface area contributed by atoms with Crippen LogP contribution in [-0.2, 0) is 0 Å². The van der Waals surface area contributed by atoms with Gasteiger partial charge in [-0.2, -0.15) is 0 Å². The molecule has 4 aliphatic rings. The molecular weight excluding hydrogens is 352 g/mol. The first-order valence-corrected chi connectivity index (χ1v) is 11.9. The Bertz CT molecular complexity index is 567. The van der Waals surface area contributed by atoms with Crippen molar-refractivity contribution in [3.63, 3.8) is 0 Å². The van der Waals surface area contributed by atoms with E-state index < -0.39 is 0 Å². The van der Waals surface area contributed by atoms with Gasteiger partial charge >= 0.3 is 0 Å². The van der Waals surface area contributed by atoms with Crippen LogP contribution in [0.3, 0.4) is 0 Å². The van der Waals surface area contributed by atoms with Gasteiger partial charge in [-0.25, -0.2) is 0 Å². The Balaban J connectivity index is 1.61. The molecule has 0 radical (unpaired) electrons. The van der Waals surface area contributed by atoms with Gasteiger partial charge in [0, 0.05) is 6.61 Å². The highest BCUT2D eigenvalue weighted by atomic mass is 16.3. The van der Waals surface area contributed by atoms with Crippen molar-refractivity contribution in [1.29, 1.82) is 0 Å². The van der Waals surface area contributed by atoms with Crippen molar-refractivity contribution in [2.75, 3.05) is 6.61 Å². The van der Waals surface area contributed by atoms with E-state index >= 15 is 0 Å². The van der Waals surface area contributed by atoms with Crippen LogP contribution in [0.5, 0.6) is 0 Å². The van der Waals surface area contributed by atoms with Crippen molar-refractivity contribution >= 4 is 0 Å². The summed E-state index contributed by atoms with van der Waals surface area (Å²) in [5, 5.41) is 41.8. The Morgan fingerprint density at radius 3 is 2.32 bits per heavy atom. The fourth-order valence-corrected chi connectivity index (χ4v) is 8.88. The molecular formula is C24H42O4. The van der Waals surface area contributed by atoms with Crippen LogP contribution < -0.4 is 0 Å². The molecule has 4 aliphatic carbocycles. The fraction of sp³-hybridized carbons (Fsp3) is 1.00. The van der Waals surface area contributed by atoms with E-state index in [0.717, 1.165) is 57.8 Å². The molecule has 0 amide bonds. The van der Waals surface area contributed by atoms with Crippen LogP contribution in [0.4, 0.5) is 0 Å². The van der Waals surface area contributed by atoms with Crippen molar-refractivity contribution in [3.05, 3.63) is 0 Å². The second kappa shape index (κ2) is 7.51. The van der Waals surface area contributed by atoms with E-state index in [1.54, 1.807) is 0 Å². The van der Waals surface area contributed by atoms with Crippen LogP contribution in [0.1, 0.15) is 78.6 Å². The molecule has 4 N–H and O–H groups in total. The molecule has 4 rings (SSSR count). The van der Waals surface area contributed by atoms with Crippen LogP contribution in [0.2, 0.25) is 0 Å². The normalized spacial score (nSPS) is 54.5. The lowest BCUT2D eigenvalue weighted by molar-refractivity contribution is -0.174. The topological polar surface area (TPSA) is 80.9 Å². The molecule has 0 aromatic heterocycles. The Morgan fingerprint density at radius 1 is 0.893 bits per heavy atom. The summed E-state index contributed by atoms with van der Waals surface area (Å²) in [5.41, 5.74) is 0.323. The number of hydrogen-bond acceptors (Lipinski definition) is 4. The Kier molecular flexibility index (Phi) is 5.66. The van der Waals surface area contributed by atoms with E-state index in [9.17, 15) is 20.4 Å². The lowest BCUT2D eigenvalue weighted by Crippen LogP contribution is -2.58. The standard InChI is InChI=1S/C24H42O4/c1-14(5-4-10-25)22-20(28)13-18-21-17(7-9-24(18,22)3)23(2)8-6-16(26)11-15(23)12-19(21)27/h14-22,25-28H,4-13H2,1-3H3/t14-,15+,16-,17+,18+,19-,20-,21-,22+,23+,24+/m1/s1. The highest BCUT2D eigenvalue weighted by Crippen LogP contribution is 2.68. The van der Waals surface area contributed by atoms with E-state index in [0.29, 0.717) is 29.6 Å². The molecule has 162 valence electrons. The summed E-state index contributed by atoms with van der Waals surface area (Å²) >= 11 is 0. The lowest BCUT2D eigenvalue weighted by Gasteiger charge is -2.62. The second-order valence-corrected chi connectivity index (χ2v) is 11.4. The Labute approximate surface area is 170 Å². The van der Waals surface area contributed by atoms with Gasteiger partial charge in [0.1, 0.15) is 0 Å². The van der Waals surface area contributed by atoms with Crippen molar-refractivity contribution in [2.24, 2.45) is 46.3 Å². The first-order valence-electron chi connectivity index (χ1n) is 11.9. The quantitative estimate of drug-likeness (QED) is 0.589. The first-order chi connectivity index (χ1) is 13.2. The summed E-state index contributed by atoms with van der Waals surface area (Å²) in [6.07, 6.45) is 7.76. The molecule has 4 saturated carbocycles. The number of aliphatic hydroxyl groups excluding tert-OH is 4. The maximum Gasteiger partial charge on any atom is 0.0579 e. The highest BCUT2D eigenvalue weighted by molar-refractivity contribution is 5.13. The average molecular weight is 395 g/mol. The van der Waals surface area contributed by atoms with E-state index in [1.165, 1.54) is 0 Å². The average Bonchev–Trinajstić information content (AvgIpc) is 2.91. The minimum absolute atomic E-state index is 0.0911. The van der Waals surface area contributed by atoms with Gasteiger partial charge in [-0.05, 0) is 104 Å². The largest absolute Gasteiger partial charge is 0.396 e. The fourth-order valence-electron chi connectivity index (χ4n) is 8.88. The predicted molar refractivity (Wildman–Crippen MR) is 109 cm³/mol. The lowest BCUT2D eigenvalue weighted by atomic mass is 9.43. The third-order valence-corrected chi connectivity index (χ3v) is 10.2. The summed E-state index contributed by atoms with van der Waals surface area (Å²) in [7, 11) is 0. The van der Waals surface area contributed by atoms with Crippen LogP contribution in [0.25, 0.3) is 0 Å². The minimum atomic E-state index is -0.295. The second-order valence-electron chi connectivity index (χ2n) is 11.4. The third-order valence-electron chi connectivity index (χ3n) is 10.2. The summed E-state index contributed by atoms with van der Waals surface area (Å²) in [6.45, 7) is 7.29. The zero-order chi connectivity index (χ0) is 20.3. The molecule has 0 unspecified atom stereocenters. The van der Waals surface area contributed by atoms with Crippen molar-refractivity contribution in [3.8, 4) is 0 Å². The third kappa shape index (κ3) is 3.09. The maximum atomic E-state index is 11.3. The molecule has 0 bridgehead atoms. The Hall–Kier alpha value is -0.160. The van der Waals surface area contributed by atoms with E-state index in [-0.39, 0.29) is 41.7 Å². The van der Waals surface area contributed by atoms with Crippen molar-refractivity contribution < 1.29 is 20.4 Å². The molecule has 0 aromatic carbocycles. The predicted octanol–water partition coefficient (Wildman–Crippen LogP) is 3.36. The maximum absolute atomic E-state index is 11.3. The molecule has 0 spiro atoms. The highest BCUT2D eigenvalue weighted by Gasteiger charge is 2.64. The van der Waals surface area contributed by atoms with Gasteiger partial charge < -0.3 is 20.4 Å². The van der Waals surface area contributed by atoms with E-state index in [1.807, 2.05) is 0 Å². The van der Waals surface area contributed by atoms with Gasteiger partial charge in [-0.1, -0.05) is 20.8 Å². The van der Waals surface area contributed by atoms with Crippen molar-refractivity contribution in [2.45, 2.75) is 96.9 Å². The zero-order valence-electron chi connectivity index (χ0n) is 18.1. The van der Waals surface area contributed by atoms with Gasteiger partial charge in [0.25, 0.3) is 0 Å². The minimum Gasteiger partial charge on any atom is -0.396 e. The smallest absolute Gasteiger partial charge is 0.0579 e. The summed E-state index contributed by atoms with van der Waals surface area (Å²) in [4.78, 5) is 0. The van der Waals surface area contributed by atoms with E-state index in [4.69, 9.17) is 0 Å². The molecule has 11 atom stereocenters. The van der Waals surface area contributed by atoms with E-state index in [2.05, 4.69) is 20.8 Å². The van der Waals surface area contributed by atoms with Gasteiger partial charge in [0.2, 0.25) is 0 Å². The molecule has 0 aromatic rings. The summed E-state index contributed by atoms with van der Waals surface area (Å²) in [5.74, 6) is 2.31. The summed E-state index contributed by atoms with van der Waals surface area (Å²) < 4.78 is 0. The number of fused-ring (bicyclic) bond motifs is 5. The summed E-state index contributed by atoms with van der Waals surface area (Å²) in [6, 6.07) is 0. The number of aliphatic hydroxyl groups is 4. The molecule has 0 heterocycles. The van der Waals surface area contributed by atoms with Gasteiger partial charge in [0.05, 0.1) is 18.3 Å². The molecule has 4 nitrogen and oxygen atoms in total. The van der Waals surface area contributed by atoms with Crippen LogP contribution in [0.15, 0.2) is 0 Å². The molecule has 4 heteroatoms. The van der Waals surface area contributed by atoms with Crippen molar-refractivity contribution in [1.82, 2.24) is 0 Å². The Morgan fingerprint density at radius 2 is 1.61 bits per heavy atom. The van der Waals surface area contributed by atoms with Crippen LogP contribution in [0, 0.1) is 46.3 Å². The zero-order valence-corrected chi connectivity index (χ0v) is 18.1. The van der Waals surface area contributed by atoms with Gasteiger partial charge in [-0.3, -0.25) is 0 Å². The molecule has 0 saturated heterocycles. The molecule has 0 aliphatic heterocycles. The number of rotatable bonds is 4. The van der Waals surface area contributed by atoms with Gasteiger partial charge in [-0.15, -0.1) is 0 Å². The SMILES string of the molecule is C[C@H](CCCO)[C@H]1[C@H](O)C[C@H]2[C@@H]3[C@H](O)C[C@@H]4C[C@H](O)CC[C@]4(C)[C@H]3CC[C@]12C. The first kappa shape index (κ1) is 21.1. The van der Waals surface area contributed by atoms with Gasteiger partial charge in [0.15, 0.2) is 0 Å². The monoisotopic (exact) mass is 394 g/mol. The van der Waals surface area contributed by atoms with Crippen LogP contribution >= 0.6 is 0 Å².